The lowest BCUT2D eigenvalue weighted by Crippen LogP contribution is -2.04. The van der Waals surface area contributed by atoms with Crippen LogP contribution in [0.25, 0.3) is 0 Å². The molecule has 0 amide bonds. The van der Waals surface area contributed by atoms with Gasteiger partial charge in [0, 0.05) is 13.0 Å². The fraction of sp³-hybridized carbons (Fsp3) is 0.800. The van der Waals surface area contributed by atoms with Crippen LogP contribution < -0.4 is 0 Å². The second-order valence-electron chi connectivity index (χ2n) is 4.37. The molecule has 106 valence electrons. The molecule has 0 aliphatic rings. The van der Waals surface area contributed by atoms with Crippen LogP contribution in [-0.4, -0.2) is 25.8 Å². The highest BCUT2D eigenvalue weighted by Crippen LogP contribution is 2.05. The van der Waals surface area contributed by atoms with E-state index in [9.17, 15) is 4.79 Å². The fourth-order valence-corrected chi connectivity index (χ4v) is 1.48. The number of carbonyl (C=O) groups is 1. The average Bonchev–Trinajstić information content (AvgIpc) is 2.38. The van der Waals surface area contributed by atoms with Crippen LogP contribution in [0.1, 0.15) is 58.8 Å². The molecule has 0 aliphatic heterocycles. The number of unbranched alkanes of at least 4 members (excludes halogenated alkanes) is 3. The Hall–Kier alpha value is -0.830. The molecule has 0 saturated heterocycles. The highest BCUT2D eigenvalue weighted by molar-refractivity contribution is 5.69. The lowest BCUT2D eigenvalue weighted by Gasteiger charge is -2.02. The van der Waals surface area contributed by atoms with Gasteiger partial charge in [0.05, 0.1) is 13.2 Å². The Balaban J connectivity index is 3.17. The largest absolute Gasteiger partial charge is 0.466 e. The molecule has 18 heavy (non-hydrogen) atoms. The first kappa shape index (κ1) is 17.2. The smallest absolute Gasteiger partial charge is 0.305 e. The predicted molar refractivity (Wildman–Crippen MR) is 74.6 cm³/mol. The zero-order valence-corrected chi connectivity index (χ0v) is 12.0. The molecule has 0 rings (SSSR count). The van der Waals surface area contributed by atoms with Crippen LogP contribution in [0.5, 0.6) is 0 Å². The maximum Gasteiger partial charge on any atom is 0.305 e. The van der Waals surface area contributed by atoms with E-state index in [1.807, 2.05) is 6.92 Å². The summed E-state index contributed by atoms with van der Waals surface area (Å²) in [7, 11) is 0. The van der Waals surface area contributed by atoms with Crippen molar-refractivity contribution in [1.29, 1.82) is 0 Å². The summed E-state index contributed by atoms with van der Waals surface area (Å²) in [5.74, 6) is -0.0552. The van der Waals surface area contributed by atoms with Gasteiger partial charge in [0.15, 0.2) is 0 Å². The van der Waals surface area contributed by atoms with E-state index in [1.54, 1.807) is 0 Å². The molecular weight excluding hydrogens is 228 g/mol. The standard InChI is InChI=1S/C15H28O3/c1-3-12-17-14-10-8-6-5-7-9-11-15(16)18-13-4-2/h8,10H,3-7,9,11-14H2,1-2H3/b10-8+. The summed E-state index contributed by atoms with van der Waals surface area (Å²) in [6.07, 6.45) is 11.0. The van der Waals surface area contributed by atoms with Gasteiger partial charge in [0.25, 0.3) is 0 Å². The Morgan fingerprint density at radius 2 is 1.78 bits per heavy atom. The first-order chi connectivity index (χ1) is 8.81. The van der Waals surface area contributed by atoms with Gasteiger partial charge in [0.2, 0.25) is 0 Å². The van der Waals surface area contributed by atoms with E-state index < -0.39 is 0 Å². The summed E-state index contributed by atoms with van der Waals surface area (Å²) < 4.78 is 10.3. The van der Waals surface area contributed by atoms with Crippen LogP contribution in [0, 0.1) is 0 Å². The van der Waals surface area contributed by atoms with E-state index in [0.717, 1.165) is 51.7 Å². The maximum absolute atomic E-state index is 11.2. The van der Waals surface area contributed by atoms with Gasteiger partial charge in [-0.3, -0.25) is 4.79 Å². The van der Waals surface area contributed by atoms with Crippen LogP contribution in [0.15, 0.2) is 12.2 Å². The molecule has 0 saturated carbocycles. The van der Waals surface area contributed by atoms with E-state index >= 15 is 0 Å². The summed E-state index contributed by atoms with van der Waals surface area (Å²) in [4.78, 5) is 11.2. The van der Waals surface area contributed by atoms with E-state index in [0.29, 0.717) is 13.0 Å². The Labute approximate surface area is 112 Å². The highest BCUT2D eigenvalue weighted by Gasteiger charge is 2.00. The Bertz CT molecular complexity index is 212. The van der Waals surface area contributed by atoms with Gasteiger partial charge >= 0.3 is 5.97 Å². The third-order valence-corrected chi connectivity index (χ3v) is 2.45. The van der Waals surface area contributed by atoms with E-state index in [1.165, 1.54) is 0 Å². The van der Waals surface area contributed by atoms with Crippen molar-refractivity contribution >= 4 is 5.97 Å². The number of carbonyl (C=O) groups excluding carboxylic acids is 1. The molecule has 0 aliphatic carbocycles. The summed E-state index contributed by atoms with van der Waals surface area (Å²) in [6.45, 7) is 6.22. The summed E-state index contributed by atoms with van der Waals surface area (Å²) in [5.41, 5.74) is 0. The zero-order chi connectivity index (χ0) is 13.5. The van der Waals surface area contributed by atoms with Crippen molar-refractivity contribution < 1.29 is 14.3 Å². The molecule has 0 radical (unpaired) electrons. The lowest BCUT2D eigenvalue weighted by molar-refractivity contribution is -0.143. The van der Waals surface area contributed by atoms with Gasteiger partial charge in [-0.2, -0.15) is 0 Å². The molecule has 0 fully saturated rings. The summed E-state index contributed by atoms with van der Waals surface area (Å²) >= 11 is 0. The van der Waals surface area contributed by atoms with E-state index in [-0.39, 0.29) is 5.97 Å². The van der Waals surface area contributed by atoms with Crippen LogP contribution in [0.2, 0.25) is 0 Å². The molecule has 0 bridgehead atoms. The quantitative estimate of drug-likeness (QED) is 0.302. The van der Waals surface area contributed by atoms with Crippen molar-refractivity contribution in [1.82, 2.24) is 0 Å². The monoisotopic (exact) mass is 256 g/mol. The Morgan fingerprint density at radius 3 is 2.50 bits per heavy atom. The van der Waals surface area contributed by atoms with Crippen LogP contribution in [0.4, 0.5) is 0 Å². The van der Waals surface area contributed by atoms with Gasteiger partial charge in [-0.25, -0.2) is 0 Å². The number of hydrogen-bond donors (Lipinski definition) is 0. The minimum Gasteiger partial charge on any atom is -0.466 e. The number of hydrogen-bond acceptors (Lipinski definition) is 3. The SMILES string of the molecule is CCCOC/C=C/CCCCCC(=O)OCCC. The Morgan fingerprint density at radius 1 is 1.00 bits per heavy atom. The van der Waals surface area contributed by atoms with Gasteiger partial charge in [-0.15, -0.1) is 0 Å². The van der Waals surface area contributed by atoms with Crippen LogP contribution in [-0.2, 0) is 14.3 Å². The van der Waals surface area contributed by atoms with Crippen LogP contribution in [0.3, 0.4) is 0 Å². The minimum atomic E-state index is -0.0552. The van der Waals surface area contributed by atoms with Gasteiger partial charge in [0.1, 0.15) is 0 Å². The second kappa shape index (κ2) is 14.2. The number of rotatable bonds is 12. The molecule has 0 aromatic carbocycles. The number of ether oxygens (including phenoxy) is 2. The maximum atomic E-state index is 11.2. The van der Waals surface area contributed by atoms with Crippen molar-refractivity contribution in [2.45, 2.75) is 58.8 Å². The lowest BCUT2D eigenvalue weighted by atomic mass is 10.1. The highest BCUT2D eigenvalue weighted by atomic mass is 16.5. The van der Waals surface area contributed by atoms with Gasteiger partial charge in [-0.1, -0.05) is 32.4 Å². The van der Waals surface area contributed by atoms with Crippen molar-refractivity contribution in [2.24, 2.45) is 0 Å². The molecule has 0 atom stereocenters. The van der Waals surface area contributed by atoms with Gasteiger partial charge < -0.3 is 9.47 Å². The Kier molecular flexibility index (Phi) is 13.6. The molecule has 0 spiro atoms. The van der Waals surface area contributed by atoms with Crippen molar-refractivity contribution in [3.05, 3.63) is 12.2 Å². The third kappa shape index (κ3) is 13.2. The minimum absolute atomic E-state index is 0.0552. The van der Waals surface area contributed by atoms with Crippen LogP contribution >= 0.6 is 0 Å². The summed E-state index contributed by atoms with van der Waals surface area (Å²) in [5, 5.41) is 0. The molecular formula is C15H28O3. The normalized spacial score (nSPS) is 11.0. The average molecular weight is 256 g/mol. The fourth-order valence-electron chi connectivity index (χ4n) is 1.48. The molecule has 3 nitrogen and oxygen atoms in total. The molecule has 0 unspecified atom stereocenters. The molecule has 3 heteroatoms. The molecule has 0 aromatic rings. The molecule has 0 aromatic heterocycles. The predicted octanol–water partition coefficient (Wildman–Crippen LogP) is 3.87. The second-order valence-corrected chi connectivity index (χ2v) is 4.37. The first-order valence-electron chi connectivity index (χ1n) is 7.19. The van der Waals surface area contributed by atoms with Crippen molar-refractivity contribution in [3.63, 3.8) is 0 Å². The summed E-state index contributed by atoms with van der Waals surface area (Å²) in [6, 6.07) is 0. The number of esters is 1. The molecule has 0 heterocycles. The van der Waals surface area contributed by atoms with Gasteiger partial charge in [-0.05, 0) is 32.1 Å². The van der Waals surface area contributed by atoms with E-state index in [4.69, 9.17) is 9.47 Å². The van der Waals surface area contributed by atoms with E-state index in [2.05, 4.69) is 19.1 Å². The third-order valence-electron chi connectivity index (χ3n) is 2.45. The molecule has 0 N–H and O–H groups in total. The zero-order valence-electron chi connectivity index (χ0n) is 12.0. The first-order valence-corrected chi connectivity index (χ1v) is 7.19. The van der Waals surface area contributed by atoms with Crippen molar-refractivity contribution in [3.8, 4) is 0 Å². The topological polar surface area (TPSA) is 35.5 Å². The van der Waals surface area contributed by atoms with Crippen molar-refractivity contribution in [2.75, 3.05) is 19.8 Å². The number of allylic oxidation sites excluding steroid dienone is 1.